The molecule has 1 aromatic heterocycles. The number of para-hydroxylation sites is 1. The first-order chi connectivity index (χ1) is 19.2. The van der Waals surface area contributed by atoms with Crippen molar-refractivity contribution in [2.75, 3.05) is 12.4 Å². The van der Waals surface area contributed by atoms with Gasteiger partial charge in [-0.25, -0.2) is 4.79 Å². The van der Waals surface area contributed by atoms with E-state index >= 15 is 0 Å². The number of rotatable bonds is 10. The number of carbonyl (C=O) groups is 1. The van der Waals surface area contributed by atoms with Gasteiger partial charge in [0.25, 0.3) is 0 Å². The predicted octanol–water partition coefficient (Wildman–Crippen LogP) is 8.01. The molecule has 4 aromatic rings. The molecule has 1 atom stereocenters. The molecule has 8 heteroatoms. The monoisotopic (exact) mass is 557 g/mol. The molecule has 0 saturated carbocycles. The van der Waals surface area contributed by atoms with Gasteiger partial charge in [-0.3, -0.25) is 4.57 Å². The smallest absolute Gasteiger partial charge is 0.319 e. The van der Waals surface area contributed by atoms with Crippen molar-refractivity contribution in [1.29, 1.82) is 0 Å². The molecule has 2 N–H and O–H groups in total. The highest BCUT2D eigenvalue weighted by Gasteiger charge is 2.23. The Balaban J connectivity index is 1.60. The third-order valence-electron chi connectivity index (χ3n) is 6.80. The first-order valence-electron chi connectivity index (χ1n) is 13.7. The molecule has 0 aliphatic carbocycles. The molecule has 0 aliphatic rings. The number of urea groups is 1. The lowest BCUT2D eigenvalue weighted by atomic mass is 9.93. The highest BCUT2D eigenvalue weighted by atomic mass is 32.2. The van der Waals surface area contributed by atoms with Gasteiger partial charge in [-0.1, -0.05) is 87.5 Å². The normalized spacial score (nSPS) is 12.0. The summed E-state index contributed by atoms with van der Waals surface area (Å²) >= 11 is 1.59. The maximum Gasteiger partial charge on any atom is 0.319 e. The van der Waals surface area contributed by atoms with Crippen LogP contribution in [0.15, 0.2) is 71.9 Å². The largest absolute Gasteiger partial charge is 0.497 e. The standard InChI is InChI=1S/C32H39N5O2S/c1-20(2)27-12-9-13-28(21(3)4)29(27)34-31(38)33-23(6)30-35-36-32(37(30)25-16-14-22(5)15-17-25)40-19-24-10-8-11-26(18-24)39-7/h8-18,20-21,23H,19H2,1-7H3,(H2,33,34,38). The van der Waals surface area contributed by atoms with Crippen molar-refractivity contribution in [3.05, 3.63) is 94.8 Å². The zero-order valence-electron chi connectivity index (χ0n) is 24.4. The van der Waals surface area contributed by atoms with Crippen molar-refractivity contribution in [3.63, 3.8) is 0 Å². The van der Waals surface area contributed by atoms with Crippen LogP contribution >= 0.6 is 11.8 Å². The topological polar surface area (TPSA) is 81.1 Å². The van der Waals surface area contributed by atoms with Crippen molar-refractivity contribution in [3.8, 4) is 11.4 Å². The Bertz CT molecular complexity index is 1420. The third kappa shape index (κ3) is 6.86. The molecule has 1 unspecified atom stereocenters. The molecule has 2 amide bonds. The lowest BCUT2D eigenvalue weighted by Crippen LogP contribution is -2.33. The summed E-state index contributed by atoms with van der Waals surface area (Å²) in [4.78, 5) is 13.3. The summed E-state index contributed by atoms with van der Waals surface area (Å²) < 4.78 is 7.40. The molecule has 3 aromatic carbocycles. The van der Waals surface area contributed by atoms with Gasteiger partial charge in [-0.15, -0.1) is 10.2 Å². The molecule has 0 fully saturated rings. The predicted molar refractivity (Wildman–Crippen MR) is 164 cm³/mol. The molecule has 0 aliphatic heterocycles. The Kier molecular flexibility index (Phi) is 9.53. The Morgan fingerprint density at radius 2 is 1.57 bits per heavy atom. The van der Waals surface area contributed by atoms with Crippen LogP contribution in [-0.2, 0) is 5.75 Å². The molecular formula is C32H39N5O2S. The van der Waals surface area contributed by atoms with Crippen LogP contribution in [0.3, 0.4) is 0 Å². The highest BCUT2D eigenvalue weighted by Crippen LogP contribution is 2.33. The van der Waals surface area contributed by atoms with Gasteiger partial charge < -0.3 is 15.4 Å². The zero-order chi connectivity index (χ0) is 28.8. The minimum absolute atomic E-state index is 0.272. The van der Waals surface area contributed by atoms with Crippen LogP contribution in [-0.4, -0.2) is 27.9 Å². The zero-order valence-corrected chi connectivity index (χ0v) is 25.2. The van der Waals surface area contributed by atoms with E-state index in [9.17, 15) is 4.79 Å². The van der Waals surface area contributed by atoms with Crippen LogP contribution in [0.2, 0.25) is 0 Å². The quantitative estimate of drug-likeness (QED) is 0.193. The second-order valence-electron chi connectivity index (χ2n) is 10.6. The van der Waals surface area contributed by atoms with Gasteiger partial charge in [0.15, 0.2) is 11.0 Å². The first-order valence-corrected chi connectivity index (χ1v) is 14.6. The highest BCUT2D eigenvalue weighted by molar-refractivity contribution is 7.98. The van der Waals surface area contributed by atoms with Crippen LogP contribution in [0, 0.1) is 6.92 Å². The third-order valence-corrected chi connectivity index (χ3v) is 7.80. The molecule has 1 heterocycles. The molecule has 7 nitrogen and oxygen atoms in total. The van der Waals surface area contributed by atoms with Gasteiger partial charge in [0, 0.05) is 17.1 Å². The molecule has 0 bridgehead atoms. The Labute approximate surface area is 241 Å². The maximum atomic E-state index is 13.3. The van der Waals surface area contributed by atoms with E-state index in [0.717, 1.165) is 39.0 Å². The van der Waals surface area contributed by atoms with Crippen molar-refractivity contribution >= 4 is 23.5 Å². The summed E-state index contributed by atoms with van der Waals surface area (Å²) in [5, 5.41) is 16.1. The Hall–Kier alpha value is -3.78. The number of benzene rings is 3. The van der Waals surface area contributed by atoms with Crippen LogP contribution in [0.4, 0.5) is 10.5 Å². The van der Waals surface area contributed by atoms with E-state index in [1.54, 1.807) is 18.9 Å². The number of anilines is 1. The number of hydrogen-bond donors (Lipinski definition) is 2. The minimum atomic E-state index is -0.395. The SMILES string of the molecule is COc1cccc(CSc2nnc(C(C)NC(=O)Nc3c(C(C)C)cccc3C(C)C)n2-c2ccc(C)cc2)c1. The number of carbonyl (C=O) groups excluding carboxylic acids is 1. The molecule has 40 heavy (non-hydrogen) atoms. The van der Waals surface area contributed by atoms with E-state index in [4.69, 9.17) is 4.74 Å². The summed E-state index contributed by atoms with van der Waals surface area (Å²) in [5.74, 6) is 2.74. The van der Waals surface area contributed by atoms with Crippen LogP contribution in [0.5, 0.6) is 5.75 Å². The van der Waals surface area contributed by atoms with Crippen LogP contribution < -0.4 is 15.4 Å². The van der Waals surface area contributed by atoms with Gasteiger partial charge >= 0.3 is 6.03 Å². The number of nitrogens with one attached hydrogen (secondary N) is 2. The summed E-state index contributed by atoms with van der Waals surface area (Å²) in [5.41, 5.74) is 6.35. The molecule has 4 rings (SSSR count). The first kappa shape index (κ1) is 29.2. The van der Waals surface area contributed by atoms with E-state index in [1.807, 2.05) is 29.7 Å². The van der Waals surface area contributed by atoms with E-state index in [0.29, 0.717) is 11.6 Å². The summed E-state index contributed by atoms with van der Waals surface area (Å²) in [7, 11) is 1.67. The van der Waals surface area contributed by atoms with Crippen molar-refractivity contribution in [2.45, 2.75) is 70.3 Å². The second-order valence-corrected chi connectivity index (χ2v) is 11.5. The van der Waals surface area contributed by atoms with E-state index in [1.165, 1.54) is 5.56 Å². The van der Waals surface area contributed by atoms with Crippen LogP contribution in [0.1, 0.15) is 80.6 Å². The molecule has 0 saturated heterocycles. The fourth-order valence-corrected chi connectivity index (χ4v) is 5.51. The number of amides is 2. The molecule has 0 spiro atoms. The fourth-order valence-electron chi connectivity index (χ4n) is 4.61. The number of thioether (sulfide) groups is 1. The van der Waals surface area contributed by atoms with Crippen molar-refractivity contribution in [2.24, 2.45) is 0 Å². The van der Waals surface area contributed by atoms with Crippen molar-refractivity contribution < 1.29 is 9.53 Å². The van der Waals surface area contributed by atoms with E-state index in [-0.39, 0.29) is 17.9 Å². The maximum absolute atomic E-state index is 13.3. The van der Waals surface area contributed by atoms with E-state index < -0.39 is 6.04 Å². The Morgan fingerprint density at radius 3 is 2.20 bits per heavy atom. The summed E-state index contributed by atoms with van der Waals surface area (Å²) in [6.45, 7) is 12.5. The number of aromatic nitrogens is 3. The minimum Gasteiger partial charge on any atom is -0.497 e. The summed E-state index contributed by atoms with van der Waals surface area (Å²) in [6, 6.07) is 21.8. The van der Waals surface area contributed by atoms with Gasteiger partial charge in [0.1, 0.15) is 5.75 Å². The summed E-state index contributed by atoms with van der Waals surface area (Å²) in [6.07, 6.45) is 0. The van der Waals surface area contributed by atoms with Crippen molar-refractivity contribution in [1.82, 2.24) is 20.1 Å². The number of methoxy groups -OCH3 is 1. The molecular weight excluding hydrogens is 518 g/mol. The van der Waals surface area contributed by atoms with Gasteiger partial charge in [-0.2, -0.15) is 0 Å². The number of nitrogens with zero attached hydrogens (tertiary/aromatic N) is 3. The lowest BCUT2D eigenvalue weighted by Gasteiger charge is -2.22. The average molecular weight is 558 g/mol. The van der Waals surface area contributed by atoms with Gasteiger partial charge in [0.05, 0.1) is 13.2 Å². The molecule has 0 radical (unpaired) electrons. The molecule has 210 valence electrons. The number of ether oxygens (including phenoxy) is 1. The number of aryl methyl sites for hydroxylation is 1. The Morgan fingerprint density at radius 1 is 0.925 bits per heavy atom. The van der Waals surface area contributed by atoms with E-state index in [2.05, 4.69) is 104 Å². The number of hydrogen-bond acceptors (Lipinski definition) is 5. The second kappa shape index (κ2) is 13.0. The van der Waals surface area contributed by atoms with Gasteiger partial charge in [0.2, 0.25) is 0 Å². The van der Waals surface area contributed by atoms with Gasteiger partial charge in [-0.05, 0) is 66.6 Å². The lowest BCUT2D eigenvalue weighted by molar-refractivity contribution is 0.248. The average Bonchev–Trinajstić information content (AvgIpc) is 3.36. The fraction of sp³-hybridized carbons (Fsp3) is 0.344. The van der Waals surface area contributed by atoms with Crippen LogP contribution in [0.25, 0.3) is 5.69 Å².